The molecule has 18 heavy (non-hydrogen) atoms. The Labute approximate surface area is 119 Å². The van der Waals surface area contributed by atoms with Gasteiger partial charge in [0.1, 0.15) is 0 Å². The van der Waals surface area contributed by atoms with E-state index >= 15 is 0 Å². The van der Waals surface area contributed by atoms with Crippen molar-refractivity contribution in [2.75, 3.05) is 13.2 Å². The zero-order chi connectivity index (χ0) is 12.8. The molecule has 0 aliphatic carbocycles. The third-order valence-electron chi connectivity index (χ3n) is 3.37. The fourth-order valence-corrected chi connectivity index (χ4v) is 3.69. The summed E-state index contributed by atoms with van der Waals surface area (Å²) < 4.78 is 5.85. The Balaban J connectivity index is 1.98. The van der Waals surface area contributed by atoms with E-state index < -0.39 is 0 Å². The SMILES string of the molecule is CCCNC(CC1CCCCO1)c1sccc1Cl. The summed E-state index contributed by atoms with van der Waals surface area (Å²) in [6.07, 6.45) is 6.27. The molecule has 0 bridgehead atoms. The van der Waals surface area contributed by atoms with E-state index in [1.54, 1.807) is 11.3 Å². The zero-order valence-electron chi connectivity index (χ0n) is 11.0. The maximum Gasteiger partial charge on any atom is 0.0593 e. The molecule has 0 spiro atoms. The predicted octanol–water partition coefficient (Wildman–Crippen LogP) is 4.40. The average molecular weight is 288 g/mol. The smallest absolute Gasteiger partial charge is 0.0593 e. The van der Waals surface area contributed by atoms with Gasteiger partial charge in [0.25, 0.3) is 0 Å². The number of nitrogens with one attached hydrogen (secondary N) is 1. The summed E-state index contributed by atoms with van der Waals surface area (Å²) in [4.78, 5) is 1.26. The van der Waals surface area contributed by atoms with Gasteiger partial charge in [0, 0.05) is 17.5 Å². The van der Waals surface area contributed by atoms with Crippen molar-refractivity contribution < 1.29 is 4.74 Å². The minimum absolute atomic E-state index is 0.348. The molecular weight excluding hydrogens is 266 g/mol. The molecule has 102 valence electrons. The second-order valence-corrected chi connectivity index (χ2v) is 6.22. The van der Waals surface area contributed by atoms with Crippen LogP contribution in [0.4, 0.5) is 0 Å². The molecule has 0 amide bonds. The molecule has 0 saturated carbocycles. The summed E-state index contributed by atoms with van der Waals surface area (Å²) in [5, 5.41) is 6.57. The van der Waals surface area contributed by atoms with Gasteiger partial charge in [0.2, 0.25) is 0 Å². The molecule has 1 N–H and O–H groups in total. The normalized spacial score (nSPS) is 22.0. The molecule has 1 aliphatic heterocycles. The quantitative estimate of drug-likeness (QED) is 0.837. The van der Waals surface area contributed by atoms with Gasteiger partial charge in [-0.25, -0.2) is 0 Å². The van der Waals surface area contributed by atoms with Gasteiger partial charge in [0.05, 0.1) is 11.1 Å². The highest BCUT2D eigenvalue weighted by Gasteiger charge is 2.22. The summed E-state index contributed by atoms with van der Waals surface area (Å²) >= 11 is 8.01. The van der Waals surface area contributed by atoms with Crippen LogP contribution in [0.15, 0.2) is 11.4 Å². The standard InChI is InChI=1S/C14H22ClNOS/c1-2-7-16-13(14-12(15)6-9-18-14)10-11-5-3-4-8-17-11/h6,9,11,13,16H,2-5,7-8,10H2,1H3. The van der Waals surface area contributed by atoms with Crippen LogP contribution in [0.25, 0.3) is 0 Å². The number of hydrogen-bond acceptors (Lipinski definition) is 3. The van der Waals surface area contributed by atoms with Crippen molar-refractivity contribution in [2.45, 2.75) is 51.2 Å². The van der Waals surface area contributed by atoms with Crippen molar-refractivity contribution in [3.8, 4) is 0 Å². The molecule has 4 heteroatoms. The average Bonchev–Trinajstić information content (AvgIpc) is 2.82. The molecule has 1 aliphatic rings. The predicted molar refractivity (Wildman–Crippen MR) is 78.6 cm³/mol. The van der Waals surface area contributed by atoms with E-state index in [-0.39, 0.29) is 0 Å². The third-order valence-corrected chi connectivity index (χ3v) is 4.85. The molecule has 2 atom stereocenters. The lowest BCUT2D eigenvalue weighted by Crippen LogP contribution is -2.29. The van der Waals surface area contributed by atoms with E-state index in [2.05, 4.69) is 17.6 Å². The summed E-state index contributed by atoms with van der Waals surface area (Å²) in [7, 11) is 0. The Hall–Kier alpha value is -0.0900. The van der Waals surface area contributed by atoms with Crippen molar-refractivity contribution in [2.24, 2.45) is 0 Å². The van der Waals surface area contributed by atoms with E-state index in [9.17, 15) is 0 Å². The second-order valence-electron chi connectivity index (χ2n) is 4.86. The maximum absolute atomic E-state index is 6.26. The Morgan fingerprint density at radius 1 is 1.56 bits per heavy atom. The molecule has 0 aromatic carbocycles. The van der Waals surface area contributed by atoms with Gasteiger partial charge in [-0.1, -0.05) is 18.5 Å². The molecule has 1 fully saturated rings. The van der Waals surface area contributed by atoms with E-state index in [1.807, 2.05) is 6.07 Å². The van der Waals surface area contributed by atoms with E-state index in [1.165, 1.54) is 24.1 Å². The van der Waals surface area contributed by atoms with Crippen molar-refractivity contribution in [3.05, 3.63) is 21.3 Å². The Morgan fingerprint density at radius 2 is 2.44 bits per heavy atom. The molecule has 2 nitrogen and oxygen atoms in total. The molecule has 0 radical (unpaired) electrons. The molecule has 1 saturated heterocycles. The van der Waals surface area contributed by atoms with Gasteiger partial charge in [-0.2, -0.15) is 0 Å². The van der Waals surface area contributed by atoms with E-state index in [4.69, 9.17) is 16.3 Å². The van der Waals surface area contributed by atoms with Crippen LogP contribution in [0.1, 0.15) is 49.9 Å². The van der Waals surface area contributed by atoms with Gasteiger partial charge >= 0.3 is 0 Å². The van der Waals surface area contributed by atoms with Crippen LogP contribution in [-0.2, 0) is 4.74 Å². The van der Waals surface area contributed by atoms with E-state index in [0.717, 1.165) is 31.0 Å². The molecule has 2 heterocycles. The largest absolute Gasteiger partial charge is 0.378 e. The summed E-state index contributed by atoms with van der Waals surface area (Å²) in [6, 6.07) is 2.34. The van der Waals surface area contributed by atoms with Crippen LogP contribution in [-0.4, -0.2) is 19.3 Å². The van der Waals surface area contributed by atoms with Crippen LogP contribution in [0.2, 0.25) is 5.02 Å². The first-order valence-electron chi connectivity index (χ1n) is 6.89. The highest BCUT2D eigenvalue weighted by molar-refractivity contribution is 7.10. The zero-order valence-corrected chi connectivity index (χ0v) is 12.5. The Bertz CT molecular complexity index is 349. The maximum atomic E-state index is 6.26. The van der Waals surface area contributed by atoms with Crippen molar-refractivity contribution in [1.29, 1.82) is 0 Å². The fourth-order valence-electron chi connectivity index (χ4n) is 2.41. The van der Waals surface area contributed by atoms with Gasteiger partial charge in [-0.15, -0.1) is 11.3 Å². The lowest BCUT2D eigenvalue weighted by Gasteiger charge is -2.27. The Morgan fingerprint density at radius 3 is 3.06 bits per heavy atom. The summed E-state index contributed by atoms with van der Waals surface area (Å²) in [5.74, 6) is 0. The van der Waals surface area contributed by atoms with Gasteiger partial charge in [-0.05, 0) is 50.1 Å². The molecule has 2 rings (SSSR count). The summed E-state index contributed by atoms with van der Waals surface area (Å²) in [6.45, 7) is 4.14. The molecule has 1 aromatic rings. The second kappa shape index (κ2) is 7.49. The number of ether oxygens (including phenoxy) is 1. The van der Waals surface area contributed by atoms with Gasteiger partial charge < -0.3 is 10.1 Å². The number of thiophene rings is 1. The van der Waals surface area contributed by atoms with Crippen LogP contribution in [0.5, 0.6) is 0 Å². The van der Waals surface area contributed by atoms with Crippen molar-refractivity contribution in [1.82, 2.24) is 5.32 Å². The first-order valence-corrected chi connectivity index (χ1v) is 8.15. The molecule has 1 aromatic heterocycles. The van der Waals surface area contributed by atoms with E-state index in [0.29, 0.717) is 12.1 Å². The first kappa shape index (κ1) is 14.3. The third kappa shape index (κ3) is 3.95. The van der Waals surface area contributed by atoms with Crippen LogP contribution < -0.4 is 5.32 Å². The fraction of sp³-hybridized carbons (Fsp3) is 0.714. The monoisotopic (exact) mass is 287 g/mol. The lowest BCUT2D eigenvalue weighted by molar-refractivity contribution is 0.00527. The van der Waals surface area contributed by atoms with Crippen LogP contribution in [0, 0.1) is 0 Å². The summed E-state index contributed by atoms with van der Waals surface area (Å²) in [5.41, 5.74) is 0. The van der Waals surface area contributed by atoms with Crippen molar-refractivity contribution >= 4 is 22.9 Å². The topological polar surface area (TPSA) is 21.3 Å². The minimum atomic E-state index is 0.348. The number of halogens is 1. The molecule has 2 unspecified atom stereocenters. The highest BCUT2D eigenvalue weighted by Crippen LogP contribution is 2.33. The van der Waals surface area contributed by atoms with Crippen molar-refractivity contribution in [3.63, 3.8) is 0 Å². The number of rotatable bonds is 6. The number of hydrogen-bond donors (Lipinski definition) is 1. The first-order chi connectivity index (χ1) is 8.81. The van der Waals surface area contributed by atoms with Crippen LogP contribution in [0.3, 0.4) is 0 Å². The van der Waals surface area contributed by atoms with Gasteiger partial charge in [-0.3, -0.25) is 0 Å². The lowest BCUT2D eigenvalue weighted by atomic mass is 10.0. The van der Waals surface area contributed by atoms with Gasteiger partial charge in [0.15, 0.2) is 0 Å². The highest BCUT2D eigenvalue weighted by atomic mass is 35.5. The van der Waals surface area contributed by atoms with Crippen LogP contribution >= 0.6 is 22.9 Å². The Kier molecular flexibility index (Phi) is 5.96. The molecular formula is C14H22ClNOS. The minimum Gasteiger partial charge on any atom is -0.378 e.